The maximum absolute atomic E-state index is 13.4. The Morgan fingerprint density at radius 1 is 1.39 bits per heavy atom. The number of hydrogen-bond acceptors (Lipinski definition) is 5. The summed E-state index contributed by atoms with van der Waals surface area (Å²) in [5, 5.41) is 9.57. The molecule has 0 spiro atoms. The van der Waals surface area contributed by atoms with Crippen LogP contribution in [-0.2, 0) is 9.59 Å². The van der Waals surface area contributed by atoms with E-state index in [1.807, 2.05) is 32.0 Å². The highest BCUT2D eigenvalue weighted by atomic mass is 19.1. The van der Waals surface area contributed by atoms with E-state index >= 15 is 0 Å². The van der Waals surface area contributed by atoms with Gasteiger partial charge in [0.15, 0.2) is 17.4 Å². The molecule has 0 radical (unpaired) electrons. The number of hydrazone groups is 1. The molecule has 3 N–H and O–H groups in total. The molecule has 1 saturated heterocycles. The standard InChI is InChI=1S/C23H25FN6O3/c1-12-5-6-18-17(9-12)13(2)21(33-18)20-19(22(25)27-26-11-31)15(4)28-30(20)16-7-8-29(10-16)23(32)14(3)24/h5-6,9,11,16H,3,7-8,10H2,1-2,4H3,(H2,25,27)(H,26,31). The van der Waals surface area contributed by atoms with Crippen LogP contribution in [0.2, 0.25) is 0 Å². The van der Waals surface area contributed by atoms with E-state index in [9.17, 15) is 14.0 Å². The van der Waals surface area contributed by atoms with Gasteiger partial charge in [-0.25, -0.2) is 9.82 Å². The van der Waals surface area contributed by atoms with Gasteiger partial charge in [0.05, 0.1) is 17.3 Å². The predicted octanol–water partition coefficient (Wildman–Crippen LogP) is 2.84. The Balaban J connectivity index is 1.89. The summed E-state index contributed by atoms with van der Waals surface area (Å²) in [5.74, 6) is -1.09. The molecule has 1 aromatic carbocycles. The van der Waals surface area contributed by atoms with Crippen molar-refractivity contribution in [2.75, 3.05) is 13.1 Å². The van der Waals surface area contributed by atoms with Gasteiger partial charge >= 0.3 is 0 Å². The lowest BCUT2D eigenvalue weighted by Crippen LogP contribution is -2.29. The smallest absolute Gasteiger partial charge is 0.282 e. The average Bonchev–Trinajstić information content (AvgIpc) is 3.47. The Morgan fingerprint density at radius 2 is 2.15 bits per heavy atom. The molecule has 33 heavy (non-hydrogen) atoms. The first-order valence-corrected chi connectivity index (χ1v) is 10.5. The number of carbonyl (C=O) groups excluding carboxylic acids is 2. The number of benzene rings is 1. The van der Waals surface area contributed by atoms with Gasteiger partial charge in [-0.15, -0.1) is 0 Å². The van der Waals surface area contributed by atoms with Crippen LogP contribution < -0.4 is 11.2 Å². The second-order valence-electron chi connectivity index (χ2n) is 8.15. The van der Waals surface area contributed by atoms with Gasteiger partial charge in [-0.1, -0.05) is 18.2 Å². The normalized spacial score (nSPS) is 16.4. The number of fused-ring (bicyclic) bond motifs is 1. The lowest BCUT2D eigenvalue weighted by Gasteiger charge is -2.17. The van der Waals surface area contributed by atoms with Crippen LogP contribution in [-0.4, -0.2) is 45.9 Å². The molecule has 1 atom stereocenters. The number of furan rings is 1. The predicted molar refractivity (Wildman–Crippen MR) is 122 cm³/mol. The number of nitrogens with one attached hydrogen (secondary N) is 1. The van der Waals surface area contributed by atoms with E-state index in [4.69, 9.17) is 15.2 Å². The highest BCUT2D eigenvalue weighted by Gasteiger charge is 2.34. The maximum atomic E-state index is 13.4. The minimum atomic E-state index is -0.993. The van der Waals surface area contributed by atoms with Crippen molar-refractivity contribution >= 4 is 29.1 Å². The van der Waals surface area contributed by atoms with Gasteiger partial charge in [0.25, 0.3) is 5.91 Å². The van der Waals surface area contributed by atoms with Gasteiger partial charge in [-0.3, -0.25) is 14.3 Å². The number of likely N-dealkylation sites (tertiary alicyclic amines) is 1. The van der Waals surface area contributed by atoms with E-state index in [0.29, 0.717) is 47.7 Å². The zero-order valence-electron chi connectivity index (χ0n) is 18.7. The molecule has 1 unspecified atom stereocenters. The van der Waals surface area contributed by atoms with Crippen LogP contribution in [0.1, 0.15) is 34.8 Å². The summed E-state index contributed by atoms with van der Waals surface area (Å²) in [7, 11) is 0. The SMILES string of the molecule is C=C(F)C(=O)N1CCC(n2nc(C)c(/C(N)=N\NC=O)c2-c2oc3ccc(C)cc3c2C)C1. The molecule has 4 rings (SSSR count). The Kier molecular flexibility index (Phi) is 5.75. The molecule has 172 valence electrons. The Morgan fingerprint density at radius 3 is 2.85 bits per heavy atom. The molecule has 1 fully saturated rings. The molecular weight excluding hydrogens is 427 g/mol. The van der Waals surface area contributed by atoms with Gasteiger partial charge in [-0.2, -0.15) is 10.2 Å². The van der Waals surface area contributed by atoms with Crippen LogP contribution in [0.4, 0.5) is 4.39 Å². The highest BCUT2D eigenvalue weighted by Crippen LogP contribution is 2.38. The van der Waals surface area contributed by atoms with Crippen molar-refractivity contribution < 1.29 is 18.4 Å². The number of amidine groups is 1. The number of nitrogens with two attached hydrogens (primary N) is 1. The summed E-state index contributed by atoms with van der Waals surface area (Å²) in [4.78, 5) is 24.3. The molecule has 1 aliphatic heterocycles. The molecule has 2 amide bonds. The molecule has 0 bridgehead atoms. The largest absolute Gasteiger partial charge is 0.454 e. The Hall–Kier alpha value is -3.95. The lowest BCUT2D eigenvalue weighted by atomic mass is 10.0. The molecular formula is C23H25FN6O3. The minimum absolute atomic E-state index is 0.0694. The number of halogens is 1. The number of nitrogens with zero attached hydrogens (tertiary/aromatic N) is 4. The van der Waals surface area contributed by atoms with Crippen molar-refractivity contribution in [2.45, 2.75) is 33.2 Å². The van der Waals surface area contributed by atoms with Crippen molar-refractivity contribution in [2.24, 2.45) is 10.8 Å². The van der Waals surface area contributed by atoms with Crippen molar-refractivity contribution in [1.82, 2.24) is 20.1 Å². The van der Waals surface area contributed by atoms with E-state index in [1.54, 1.807) is 11.6 Å². The van der Waals surface area contributed by atoms with Gasteiger partial charge < -0.3 is 15.1 Å². The first-order valence-electron chi connectivity index (χ1n) is 10.5. The monoisotopic (exact) mass is 452 g/mol. The van der Waals surface area contributed by atoms with Crippen LogP contribution in [0.25, 0.3) is 22.4 Å². The summed E-state index contributed by atoms with van der Waals surface area (Å²) in [6.45, 7) is 9.48. The second-order valence-corrected chi connectivity index (χ2v) is 8.15. The van der Waals surface area contributed by atoms with E-state index in [-0.39, 0.29) is 18.4 Å². The van der Waals surface area contributed by atoms with Crippen LogP contribution in [0.15, 0.2) is 40.1 Å². The summed E-state index contributed by atoms with van der Waals surface area (Å²) >= 11 is 0. The summed E-state index contributed by atoms with van der Waals surface area (Å²) in [6.07, 6.45) is 0.987. The fraction of sp³-hybridized carbons (Fsp3) is 0.304. The topological polar surface area (TPSA) is 119 Å². The Bertz CT molecular complexity index is 1310. The molecule has 9 nitrogen and oxygen atoms in total. The minimum Gasteiger partial charge on any atom is -0.454 e. The highest BCUT2D eigenvalue weighted by molar-refractivity contribution is 6.04. The number of aryl methyl sites for hydroxylation is 3. The van der Waals surface area contributed by atoms with Crippen LogP contribution >= 0.6 is 0 Å². The molecule has 0 aliphatic carbocycles. The van der Waals surface area contributed by atoms with Crippen molar-refractivity contribution in [1.29, 1.82) is 0 Å². The van der Waals surface area contributed by atoms with E-state index in [2.05, 4.69) is 17.1 Å². The quantitative estimate of drug-likeness (QED) is 0.196. The lowest BCUT2D eigenvalue weighted by molar-refractivity contribution is -0.127. The van der Waals surface area contributed by atoms with E-state index in [1.165, 1.54) is 4.90 Å². The van der Waals surface area contributed by atoms with Gasteiger partial charge in [0.1, 0.15) is 11.3 Å². The zero-order valence-corrected chi connectivity index (χ0v) is 18.7. The first kappa shape index (κ1) is 22.3. The summed E-state index contributed by atoms with van der Waals surface area (Å²) in [6, 6.07) is 5.67. The van der Waals surface area contributed by atoms with Gasteiger partial charge in [0, 0.05) is 24.0 Å². The number of carbonyl (C=O) groups is 2. The van der Waals surface area contributed by atoms with E-state index < -0.39 is 11.7 Å². The van der Waals surface area contributed by atoms with Crippen LogP contribution in [0.5, 0.6) is 0 Å². The van der Waals surface area contributed by atoms with Gasteiger partial charge in [-0.05, 0) is 39.3 Å². The molecule has 10 heteroatoms. The third kappa shape index (κ3) is 3.88. The summed E-state index contributed by atoms with van der Waals surface area (Å²) < 4.78 is 21.4. The van der Waals surface area contributed by atoms with Crippen LogP contribution in [0.3, 0.4) is 0 Å². The second kappa shape index (κ2) is 8.53. The maximum Gasteiger partial charge on any atom is 0.282 e. The summed E-state index contributed by atoms with van der Waals surface area (Å²) in [5.41, 5.74) is 12.8. The average molecular weight is 452 g/mol. The molecule has 3 aromatic rings. The fourth-order valence-corrected chi connectivity index (χ4v) is 4.35. The molecule has 2 aromatic heterocycles. The van der Waals surface area contributed by atoms with E-state index in [0.717, 1.165) is 16.5 Å². The number of amides is 2. The fourth-order valence-electron chi connectivity index (χ4n) is 4.35. The Labute approximate surface area is 189 Å². The first-order chi connectivity index (χ1) is 15.7. The van der Waals surface area contributed by atoms with Crippen LogP contribution in [0, 0.1) is 20.8 Å². The van der Waals surface area contributed by atoms with Crippen molar-refractivity contribution in [3.63, 3.8) is 0 Å². The van der Waals surface area contributed by atoms with Gasteiger partial charge in [0.2, 0.25) is 6.41 Å². The molecule has 1 aliphatic rings. The molecule has 0 saturated carbocycles. The van der Waals surface area contributed by atoms with Crippen molar-refractivity contribution in [3.8, 4) is 11.5 Å². The zero-order chi connectivity index (χ0) is 23.9. The third-order valence-electron chi connectivity index (χ3n) is 5.91. The molecule has 3 heterocycles. The number of rotatable bonds is 6. The number of aromatic nitrogens is 2. The third-order valence-corrected chi connectivity index (χ3v) is 5.91. The van der Waals surface area contributed by atoms with Crippen molar-refractivity contribution in [3.05, 3.63) is 53.0 Å². The number of hydrogen-bond donors (Lipinski definition) is 2.